The Hall–Kier alpha value is -3.03. The molecule has 0 fully saturated rings. The molecule has 0 saturated heterocycles. The summed E-state index contributed by atoms with van der Waals surface area (Å²) in [5, 5.41) is 21.8. The summed E-state index contributed by atoms with van der Waals surface area (Å²) >= 11 is 12.5. The van der Waals surface area contributed by atoms with Gasteiger partial charge in [-0.15, -0.1) is 0 Å². The average Bonchev–Trinajstić information content (AvgIpc) is 3.17. The Labute approximate surface area is 209 Å². The van der Waals surface area contributed by atoms with Gasteiger partial charge in [0.15, 0.2) is 0 Å². The van der Waals surface area contributed by atoms with Gasteiger partial charge in [-0.25, -0.2) is 14.1 Å². The second-order valence-electron chi connectivity index (χ2n) is 7.48. The van der Waals surface area contributed by atoms with E-state index in [2.05, 4.69) is 43.9 Å². The maximum absolute atomic E-state index is 9.55. The molecule has 1 aromatic carbocycles. The lowest BCUT2D eigenvalue weighted by molar-refractivity contribution is -0.134. The maximum Gasteiger partial charge on any atom is 0.328 e. The first kappa shape index (κ1) is 27.2. The molecule has 0 saturated carbocycles. The summed E-state index contributed by atoms with van der Waals surface area (Å²) in [5.74, 6) is -2.51. The van der Waals surface area contributed by atoms with Crippen LogP contribution in [0.15, 0.2) is 48.6 Å². The number of halogens is 2. The molecule has 3 aromatic rings. The third-order valence-electron chi connectivity index (χ3n) is 4.91. The largest absolute Gasteiger partial charge is 0.478 e. The summed E-state index contributed by atoms with van der Waals surface area (Å²) in [6.45, 7) is 8.68. The molecule has 0 aliphatic rings. The molecule has 0 radical (unpaired) electrons. The van der Waals surface area contributed by atoms with E-state index in [9.17, 15) is 9.59 Å². The molecule has 34 heavy (non-hydrogen) atoms. The summed E-state index contributed by atoms with van der Waals surface area (Å²) in [6, 6.07) is 11.9. The van der Waals surface area contributed by atoms with Gasteiger partial charge in [0.1, 0.15) is 0 Å². The highest BCUT2D eigenvalue weighted by Gasteiger charge is 2.19. The van der Waals surface area contributed by atoms with Gasteiger partial charge < -0.3 is 15.1 Å². The predicted molar refractivity (Wildman–Crippen MR) is 137 cm³/mol. The molecule has 2 N–H and O–H groups in total. The molecule has 0 unspecified atom stereocenters. The number of pyridine rings is 1. The zero-order valence-corrected chi connectivity index (χ0v) is 21.0. The third kappa shape index (κ3) is 6.98. The average molecular weight is 506 g/mol. The van der Waals surface area contributed by atoms with Gasteiger partial charge in [-0.3, -0.25) is 0 Å². The number of hydrogen-bond acceptors (Lipinski definition) is 4. The first-order chi connectivity index (χ1) is 16.2. The van der Waals surface area contributed by atoms with E-state index in [0.717, 1.165) is 54.8 Å². The van der Waals surface area contributed by atoms with Crippen LogP contribution in [-0.4, -0.2) is 44.9 Å². The van der Waals surface area contributed by atoms with E-state index >= 15 is 0 Å². The van der Waals surface area contributed by atoms with Gasteiger partial charge in [0, 0.05) is 35.8 Å². The molecule has 182 valence electrons. The number of benzene rings is 1. The van der Waals surface area contributed by atoms with Crippen molar-refractivity contribution in [2.45, 2.75) is 40.0 Å². The standard InChI is InChI=1S/C21H25Cl2N3.C4H4O4/c1-4-12-25(13-5-2)21-18(6-3)24-26-19(8-7-9-20(21)26)16-11-10-15(22)14-17(16)23;5-3(6)1-2-4(7)8/h7-11,14H,4-6,12-13H2,1-3H3;1-2H,(H,5,6)(H,7,8). The van der Waals surface area contributed by atoms with Crippen molar-refractivity contribution in [1.29, 1.82) is 0 Å². The number of fused-ring (bicyclic) bond motifs is 1. The number of hydrogen-bond donors (Lipinski definition) is 2. The minimum Gasteiger partial charge on any atom is -0.478 e. The predicted octanol–water partition coefficient (Wildman–Crippen LogP) is 6.21. The lowest BCUT2D eigenvalue weighted by Gasteiger charge is -2.24. The first-order valence-corrected chi connectivity index (χ1v) is 11.8. The first-order valence-electron chi connectivity index (χ1n) is 11.1. The van der Waals surface area contributed by atoms with E-state index in [4.69, 9.17) is 38.5 Å². The molecule has 2 aromatic heterocycles. The fourth-order valence-electron chi connectivity index (χ4n) is 3.61. The van der Waals surface area contributed by atoms with Gasteiger partial charge in [-0.2, -0.15) is 5.10 Å². The van der Waals surface area contributed by atoms with E-state index < -0.39 is 11.9 Å². The van der Waals surface area contributed by atoms with Gasteiger partial charge in [0.25, 0.3) is 0 Å². The zero-order valence-electron chi connectivity index (χ0n) is 19.5. The smallest absolute Gasteiger partial charge is 0.328 e. The fraction of sp³-hybridized carbons (Fsp3) is 0.320. The van der Waals surface area contributed by atoms with Crippen LogP contribution in [0.2, 0.25) is 10.0 Å². The van der Waals surface area contributed by atoms with Crippen molar-refractivity contribution in [3.05, 3.63) is 64.3 Å². The van der Waals surface area contributed by atoms with E-state index in [0.29, 0.717) is 22.2 Å². The Morgan fingerprint density at radius 2 is 1.62 bits per heavy atom. The van der Waals surface area contributed by atoms with Crippen molar-refractivity contribution in [3.63, 3.8) is 0 Å². The third-order valence-corrected chi connectivity index (χ3v) is 5.46. The Balaban J connectivity index is 0.000000440. The minimum absolute atomic E-state index is 0.558. The zero-order chi connectivity index (χ0) is 25.3. The number of carboxylic acid groups (broad SMARTS) is 2. The van der Waals surface area contributed by atoms with Crippen LogP contribution in [-0.2, 0) is 16.0 Å². The highest BCUT2D eigenvalue weighted by atomic mass is 35.5. The van der Waals surface area contributed by atoms with Gasteiger partial charge in [0.2, 0.25) is 0 Å². The molecule has 0 aliphatic heterocycles. The summed E-state index contributed by atoms with van der Waals surface area (Å²) in [6.07, 6.45) is 4.24. The number of nitrogens with zero attached hydrogens (tertiary/aromatic N) is 3. The molecule has 0 bridgehead atoms. The molecule has 9 heteroatoms. The van der Waals surface area contributed by atoms with E-state index in [1.165, 1.54) is 5.69 Å². The van der Waals surface area contributed by atoms with Crippen molar-refractivity contribution >= 4 is 46.3 Å². The Bertz CT molecular complexity index is 1150. The quantitative estimate of drug-likeness (QED) is 0.335. The molecule has 0 spiro atoms. The second-order valence-corrected chi connectivity index (χ2v) is 8.32. The van der Waals surface area contributed by atoms with Crippen LogP contribution in [0.1, 0.15) is 39.3 Å². The lowest BCUT2D eigenvalue weighted by atomic mass is 10.1. The van der Waals surface area contributed by atoms with Crippen molar-refractivity contribution < 1.29 is 19.8 Å². The molecule has 0 amide bonds. The lowest BCUT2D eigenvalue weighted by Crippen LogP contribution is -2.25. The fourth-order valence-corrected chi connectivity index (χ4v) is 4.11. The minimum atomic E-state index is -1.26. The van der Waals surface area contributed by atoms with E-state index in [-0.39, 0.29) is 0 Å². The number of aromatic nitrogens is 2. The molecule has 3 rings (SSSR count). The monoisotopic (exact) mass is 505 g/mol. The summed E-state index contributed by atoms with van der Waals surface area (Å²) < 4.78 is 2.03. The number of carbonyl (C=O) groups is 2. The number of aryl methyl sites for hydroxylation is 1. The van der Waals surface area contributed by atoms with Gasteiger partial charge in [0.05, 0.1) is 27.6 Å². The molecule has 7 nitrogen and oxygen atoms in total. The van der Waals surface area contributed by atoms with Gasteiger partial charge in [-0.05, 0) is 49.6 Å². The summed E-state index contributed by atoms with van der Waals surface area (Å²) in [5.41, 5.74) is 5.44. The van der Waals surface area contributed by atoms with Crippen LogP contribution in [0.25, 0.3) is 16.8 Å². The second kappa shape index (κ2) is 13.0. The van der Waals surface area contributed by atoms with E-state index in [1.54, 1.807) is 6.07 Å². The van der Waals surface area contributed by atoms with Crippen LogP contribution >= 0.6 is 23.2 Å². The van der Waals surface area contributed by atoms with E-state index in [1.807, 2.05) is 16.6 Å². The highest BCUT2D eigenvalue weighted by molar-refractivity contribution is 6.36. The number of carboxylic acids is 2. The van der Waals surface area contributed by atoms with Gasteiger partial charge >= 0.3 is 11.9 Å². The molecule has 2 heterocycles. The van der Waals surface area contributed by atoms with Crippen molar-refractivity contribution in [3.8, 4) is 11.3 Å². The van der Waals surface area contributed by atoms with Crippen LogP contribution in [0.4, 0.5) is 5.69 Å². The topological polar surface area (TPSA) is 95.1 Å². The van der Waals surface area contributed by atoms with Crippen LogP contribution in [0.3, 0.4) is 0 Å². The number of rotatable bonds is 9. The van der Waals surface area contributed by atoms with Crippen LogP contribution < -0.4 is 4.90 Å². The number of aliphatic carboxylic acids is 2. The number of anilines is 1. The molecular formula is C25H29Cl2N3O4. The Morgan fingerprint density at radius 1 is 1.00 bits per heavy atom. The summed E-state index contributed by atoms with van der Waals surface area (Å²) in [7, 11) is 0. The molecule has 0 atom stereocenters. The SMILES string of the molecule is CCCN(CCC)c1c(CC)nn2c(-c3ccc(Cl)cc3Cl)cccc12.O=C(O)C=CC(=O)O. The van der Waals surface area contributed by atoms with Crippen LogP contribution in [0, 0.1) is 0 Å². The van der Waals surface area contributed by atoms with Crippen molar-refractivity contribution in [1.82, 2.24) is 9.61 Å². The molecular weight excluding hydrogens is 477 g/mol. The highest BCUT2D eigenvalue weighted by Crippen LogP contribution is 2.34. The van der Waals surface area contributed by atoms with Gasteiger partial charge in [-0.1, -0.05) is 50.0 Å². The van der Waals surface area contributed by atoms with Crippen LogP contribution in [0.5, 0.6) is 0 Å². The van der Waals surface area contributed by atoms with Crippen molar-refractivity contribution in [2.24, 2.45) is 0 Å². The normalized spacial score (nSPS) is 10.9. The molecule has 0 aliphatic carbocycles. The van der Waals surface area contributed by atoms with Crippen molar-refractivity contribution in [2.75, 3.05) is 18.0 Å². The summed E-state index contributed by atoms with van der Waals surface area (Å²) in [4.78, 5) is 21.6. The Morgan fingerprint density at radius 3 is 2.12 bits per heavy atom. The Kier molecular flexibility index (Phi) is 10.4. The maximum atomic E-state index is 9.55.